The van der Waals surface area contributed by atoms with Gasteiger partial charge in [0.25, 0.3) is 5.91 Å². The largest absolute Gasteiger partial charge is 0.332 e. The van der Waals surface area contributed by atoms with Gasteiger partial charge in [0.15, 0.2) is 0 Å². The zero-order valence-corrected chi connectivity index (χ0v) is 22.4. The van der Waals surface area contributed by atoms with Crippen LogP contribution < -0.4 is 0 Å². The maximum absolute atomic E-state index is 13.2. The van der Waals surface area contributed by atoms with Gasteiger partial charge in [-0.15, -0.1) is 0 Å². The summed E-state index contributed by atoms with van der Waals surface area (Å²) in [6.07, 6.45) is 12.1. The highest BCUT2D eigenvalue weighted by atomic mass is 16.2. The van der Waals surface area contributed by atoms with Crippen molar-refractivity contribution in [3.8, 4) is 0 Å². The molecule has 4 aliphatic carbocycles. The summed E-state index contributed by atoms with van der Waals surface area (Å²) in [7, 11) is 6.63. The quantitative estimate of drug-likeness (QED) is 0.496. The fourth-order valence-corrected chi connectivity index (χ4v) is 10.6. The zero-order valence-electron chi connectivity index (χ0n) is 22.4. The molecule has 0 N–H and O–H groups in total. The average molecular weight is 463 g/mol. The molecule has 34 heavy (non-hydrogen) atoms. The average Bonchev–Trinajstić information content (AvgIpc) is 3.28. The van der Waals surface area contributed by atoms with Gasteiger partial charge in [-0.25, -0.2) is 0 Å². The van der Waals surface area contributed by atoms with Crippen LogP contribution in [0.4, 0.5) is 0 Å². The minimum absolute atomic E-state index is 0.0620. The molecule has 0 unspecified atom stereocenters. The van der Waals surface area contributed by atoms with Crippen LogP contribution in [0.2, 0.25) is 0 Å². The first-order valence-electron chi connectivity index (χ1n) is 14.2. The third-order valence-electron chi connectivity index (χ3n) is 12.8. The molecule has 3 nitrogen and oxygen atoms in total. The fourth-order valence-electron chi connectivity index (χ4n) is 10.6. The van der Waals surface area contributed by atoms with E-state index in [1.165, 1.54) is 56.9 Å². The first-order valence-corrected chi connectivity index (χ1v) is 14.2. The maximum Gasteiger partial charge on any atom is 0.254 e. The lowest BCUT2D eigenvalue weighted by atomic mass is 9.43. The van der Waals surface area contributed by atoms with Crippen molar-refractivity contribution in [3.05, 3.63) is 35.4 Å². The van der Waals surface area contributed by atoms with Crippen LogP contribution in [-0.4, -0.2) is 42.9 Å². The molecule has 1 aliphatic heterocycles. The van der Waals surface area contributed by atoms with Crippen LogP contribution in [0.5, 0.6) is 0 Å². The predicted molar refractivity (Wildman–Crippen MR) is 139 cm³/mol. The lowest BCUT2D eigenvalue weighted by Gasteiger charge is -2.63. The van der Waals surface area contributed by atoms with Gasteiger partial charge < -0.3 is 9.80 Å². The maximum atomic E-state index is 13.2. The Hall–Kier alpha value is -1.35. The summed E-state index contributed by atoms with van der Waals surface area (Å²) >= 11 is 0. The summed E-state index contributed by atoms with van der Waals surface area (Å²) in [5, 5.41) is 0. The molecular weight excluding hydrogens is 416 g/mol. The molecule has 0 radical (unpaired) electrons. The number of hydrogen-bond acceptors (Lipinski definition) is 2. The summed E-state index contributed by atoms with van der Waals surface area (Å²) in [5.41, 5.74) is 3.19. The van der Waals surface area contributed by atoms with Crippen LogP contribution >= 0.6 is 0 Å². The fraction of sp³-hybridized carbons (Fsp3) is 0.774. The SMILES string of the molecule is C[C@@H]([C@H]1CC[C@@H]2[C@@H]3CC[C@H]4C[C@]5(CC[C@]4(C)[C@H]3CC[C@@]21C)c1ccccc1C(=O)N5C)N(C)C. The van der Waals surface area contributed by atoms with Gasteiger partial charge in [0, 0.05) is 18.7 Å². The molecule has 186 valence electrons. The number of carbonyl (C=O) groups is 1. The van der Waals surface area contributed by atoms with Gasteiger partial charge in [0.2, 0.25) is 0 Å². The van der Waals surface area contributed by atoms with E-state index in [9.17, 15) is 4.79 Å². The van der Waals surface area contributed by atoms with E-state index in [0.29, 0.717) is 16.9 Å². The summed E-state index contributed by atoms with van der Waals surface area (Å²) < 4.78 is 0. The monoisotopic (exact) mass is 462 g/mol. The number of amides is 1. The minimum atomic E-state index is -0.0620. The number of hydrogen-bond donors (Lipinski definition) is 0. The first kappa shape index (κ1) is 23.1. The van der Waals surface area contributed by atoms with E-state index in [1.807, 2.05) is 6.07 Å². The molecule has 1 spiro atoms. The second kappa shape index (κ2) is 7.58. The topological polar surface area (TPSA) is 23.6 Å². The lowest BCUT2D eigenvalue weighted by molar-refractivity contribution is -0.134. The van der Waals surface area contributed by atoms with Crippen LogP contribution in [0.25, 0.3) is 0 Å². The molecule has 1 heterocycles. The second-order valence-electron chi connectivity index (χ2n) is 13.7. The van der Waals surface area contributed by atoms with Gasteiger partial charge in [-0.2, -0.15) is 0 Å². The number of benzene rings is 1. The molecule has 1 aromatic rings. The smallest absolute Gasteiger partial charge is 0.254 e. The normalized spacial score (nSPS) is 46.3. The third kappa shape index (κ3) is 2.83. The first-order chi connectivity index (χ1) is 16.1. The van der Waals surface area contributed by atoms with E-state index >= 15 is 0 Å². The van der Waals surface area contributed by atoms with E-state index in [-0.39, 0.29) is 11.4 Å². The van der Waals surface area contributed by atoms with E-state index in [4.69, 9.17) is 0 Å². The predicted octanol–water partition coefficient (Wildman–Crippen LogP) is 6.58. The third-order valence-corrected chi connectivity index (χ3v) is 12.8. The molecule has 6 rings (SSSR count). The number of fused-ring (bicyclic) bond motifs is 7. The minimum Gasteiger partial charge on any atom is -0.332 e. The Labute approximate surface area is 207 Å². The van der Waals surface area contributed by atoms with Crippen LogP contribution in [0.1, 0.15) is 94.5 Å². The summed E-state index contributed by atoms with van der Waals surface area (Å²) in [5.74, 6) is 4.56. The van der Waals surface area contributed by atoms with Crippen molar-refractivity contribution < 1.29 is 4.79 Å². The van der Waals surface area contributed by atoms with Gasteiger partial charge in [-0.05, 0) is 131 Å². The van der Waals surface area contributed by atoms with Crippen LogP contribution in [0.3, 0.4) is 0 Å². The van der Waals surface area contributed by atoms with Gasteiger partial charge in [0.05, 0.1) is 5.54 Å². The molecule has 9 atom stereocenters. The molecule has 1 amide bonds. The van der Waals surface area contributed by atoms with E-state index in [1.54, 1.807) is 0 Å². The Bertz CT molecular complexity index is 987. The van der Waals surface area contributed by atoms with E-state index in [0.717, 1.165) is 41.6 Å². The van der Waals surface area contributed by atoms with Crippen LogP contribution in [-0.2, 0) is 5.54 Å². The highest BCUT2D eigenvalue weighted by Gasteiger charge is 2.63. The van der Waals surface area contributed by atoms with Gasteiger partial charge in [0.1, 0.15) is 0 Å². The Morgan fingerprint density at radius 3 is 2.44 bits per heavy atom. The van der Waals surface area contributed by atoms with Crippen molar-refractivity contribution in [2.24, 2.45) is 40.4 Å². The number of nitrogens with zero attached hydrogens (tertiary/aromatic N) is 2. The van der Waals surface area contributed by atoms with Crippen molar-refractivity contribution in [2.75, 3.05) is 21.1 Å². The molecule has 4 fully saturated rings. The van der Waals surface area contributed by atoms with Gasteiger partial charge in [-0.1, -0.05) is 32.0 Å². The molecule has 0 aromatic heterocycles. The Morgan fingerprint density at radius 1 is 0.941 bits per heavy atom. The van der Waals surface area contributed by atoms with Crippen molar-refractivity contribution in [3.63, 3.8) is 0 Å². The highest BCUT2D eigenvalue weighted by molar-refractivity contribution is 5.99. The number of carbonyl (C=O) groups excluding carboxylic acids is 1. The van der Waals surface area contributed by atoms with Gasteiger partial charge >= 0.3 is 0 Å². The molecule has 5 aliphatic rings. The van der Waals surface area contributed by atoms with Gasteiger partial charge in [-0.3, -0.25) is 4.79 Å². The summed E-state index contributed by atoms with van der Waals surface area (Å²) in [6, 6.07) is 9.17. The molecule has 4 saturated carbocycles. The number of rotatable bonds is 2. The Morgan fingerprint density at radius 2 is 1.68 bits per heavy atom. The van der Waals surface area contributed by atoms with Crippen molar-refractivity contribution in [2.45, 2.75) is 90.1 Å². The highest BCUT2D eigenvalue weighted by Crippen LogP contribution is 2.69. The van der Waals surface area contributed by atoms with Crippen LogP contribution in [0.15, 0.2) is 24.3 Å². The Kier molecular flexibility index (Phi) is 5.14. The van der Waals surface area contributed by atoms with E-state index < -0.39 is 0 Å². The molecule has 1 aromatic carbocycles. The van der Waals surface area contributed by atoms with Crippen molar-refractivity contribution in [1.29, 1.82) is 0 Å². The standard InChI is InChI=1S/C31H46N2O/c1-20(32(4)5)24-13-14-25-22-12-11-21-19-31(27-10-8-7-9-23(27)28(34)33(31)6)18-17-29(21,2)26(22)15-16-30(24,25)3/h7-10,20-22,24-26H,11-19H2,1-6H3/t20-,21-,22-,24+,25+,26-,29-,30+,31+/m0/s1. The summed E-state index contributed by atoms with van der Waals surface area (Å²) in [6.45, 7) is 7.81. The Balaban J connectivity index is 1.28. The zero-order chi connectivity index (χ0) is 24.0. The van der Waals surface area contributed by atoms with Crippen LogP contribution in [0, 0.1) is 40.4 Å². The van der Waals surface area contributed by atoms with E-state index in [2.05, 4.69) is 69.9 Å². The van der Waals surface area contributed by atoms with Crippen molar-refractivity contribution in [1.82, 2.24) is 9.80 Å². The van der Waals surface area contributed by atoms with Crippen molar-refractivity contribution >= 4 is 5.91 Å². The molecule has 0 bridgehead atoms. The molecule has 0 saturated heterocycles. The second-order valence-corrected chi connectivity index (χ2v) is 13.7. The summed E-state index contributed by atoms with van der Waals surface area (Å²) in [4.78, 5) is 17.8. The molecular formula is C31H46N2O. The molecule has 3 heteroatoms. The lowest BCUT2D eigenvalue weighted by Crippen LogP contribution is -2.57.